The first kappa shape index (κ1) is 41.4. The molecule has 12 nitrogen and oxygen atoms in total. The number of thiophene rings is 1. The highest BCUT2D eigenvalue weighted by Crippen LogP contribution is 2.24. The van der Waals surface area contributed by atoms with Gasteiger partial charge in [0.15, 0.2) is 0 Å². The molecule has 5 heterocycles. The number of likely N-dealkylation sites (N-methyl/N-ethyl adjacent to an activating group) is 2. The second kappa shape index (κ2) is 21.4. The van der Waals surface area contributed by atoms with Crippen LogP contribution in [0.25, 0.3) is 22.8 Å². The summed E-state index contributed by atoms with van der Waals surface area (Å²) in [6, 6.07) is 22.2. The van der Waals surface area contributed by atoms with E-state index in [2.05, 4.69) is 62.2 Å². The molecule has 0 unspecified atom stereocenters. The van der Waals surface area contributed by atoms with Crippen LogP contribution in [0.5, 0.6) is 11.5 Å². The maximum Gasteiger partial charge on any atom is 0.250 e. The number of nitrogens with zero attached hydrogens (tertiary/aromatic N) is 6. The van der Waals surface area contributed by atoms with Crippen LogP contribution in [0.1, 0.15) is 44.0 Å². The number of nitrogens with two attached hydrogens (primary N) is 1. The smallest absolute Gasteiger partial charge is 0.250 e. The van der Waals surface area contributed by atoms with Crippen molar-refractivity contribution in [2.24, 2.45) is 5.73 Å². The monoisotopic (exact) mass is 760 g/mol. The second-order valence-electron chi connectivity index (χ2n) is 11.9. The molecule has 5 rings (SSSR count). The fourth-order valence-electron chi connectivity index (χ4n) is 5.23. The molecule has 0 amide bonds. The van der Waals surface area contributed by atoms with E-state index in [9.17, 15) is 8.42 Å². The van der Waals surface area contributed by atoms with E-state index >= 15 is 0 Å². The Balaban J connectivity index is 0.000000251. The van der Waals surface area contributed by atoms with Gasteiger partial charge in [-0.2, -0.15) is 0 Å². The molecule has 0 fully saturated rings. The van der Waals surface area contributed by atoms with Crippen LogP contribution in [-0.2, 0) is 23.1 Å². The van der Waals surface area contributed by atoms with Crippen molar-refractivity contribution in [3.63, 3.8) is 0 Å². The number of hydrogen-bond acceptors (Lipinski definition) is 12. The number of pyridine rings is 4. The molecule has 53 heavy (non-hydrogen) atoms. The van der Waals surface area contributed by atoms with Gasteiger partial charge in [-0.25, -0.2) is 23.1 Å². The standard InChI is InChI=1S/C22H28N4O3S2.C17H24N4O/c1-4-26(5-2)12-13-29-19-14-18(25-21(15-19)20-8-6-7-11-23-20)16-24-31(27,28)22-10-9-17(3)30-22;1-3-21(4-2)9-10-22-15-11-14(13-18)20-17(12-15)16-7-5-6-8-19-16/h6-11,14-15,24H,4-5,12-13,16H2,1-3H3;5-8,11-12H,3-4,9-10,13,18H2,1-2H3. The highest BCUT2D eigenvalue weighted by Gasteiger charge is 2.17. The van der Waals surface area contributed by atoms with Gasteiger partial charge < -0.3 is 25.0 Å². The number of aryl methyl sites for hydroxylation is 1. The van der Waals surface area contributed by atoms with Crippen molar-refractivity contribution >= 4 is 21.4 Å². The zero-order valence-electron chi connectivity index (χ0n) is 31.4. The normalized spacial score (nSPS) is 11.4. The van der Waals surface area contributed by atoms with Crippen LogP contribution in [0.15, 0.2) is 89.4 Å². The Morgan fingerprint density at radius 1 is 0.698 bits per heavy atom. The lowest BCUT2D eigenvalue weighted by atomic mass is 10.2. The van der Waals surface area contributed by atoms with Crippen molar-refractivity contribution in [3.8, 4) is 34.3 Å². The Morgan fingerprint density at radius 2 is 1.21 bits per heavy atom. The first-order chi connectivity index (χ1) is 25.7. The van der Waals surface area contributed by atoms with E-state index in [0.29, 0.717) is 46.8 Å². The molecule has 0 aliphatic carbocycles. The van der Waals surface area contributed by atoms with Crippen molar-refractivity contribution in [2.75, 3.05) is 52.5 Å². The average molecular weight is 761 g/mol. The first-order valence-corrected chi connectivity index (χ1v) is 20.3. The van der Waals surface area contributed by atoms with E-state index in [4.69, 9.17) is 15.2 Å². The molecule has 3 N–H and O–H groups in total. The van der Waals surface area contributed by atoms with Gasteiger partial charge in [-0.3, -0.25) is 9.97 Å². The van der Waals surface area contributed by atoms with Crippen LogP contribution in [-0.4, -0.2) is 90.6 Å². The second-order valence-corrected chi connectivity index (χ2v) is 15.2. The largest absolute Gasteiger partial charge is 0.492 e. The lowest BCUT2D eigenvalue weighted by molar-refractivity contribution is 0.222. The zero-order valence-corrected chi connectivity index (χ0v) is 33.0. The van der Waals surface area contributed by atoms with E-state index in [1.165, 1.54) is 11.3 Å². The number of sulfonamides is 1. The third kappa shape index (κ3) is 13.2. The quantitative estimate of drug-likeness (QED) is 0.102. The molecule has 0 radical (unpaired) electrons. The average Bonchev–Trinajstić information content (AvgIpc) is 3.65. The molecule has 284 valence electrons. The molecule has 0 spiro atoms. The molecule has 14 heteroatoms. The predicted octanol–water partition coefficient (Wildman–Crippen LogP) is 6.04. The number of hydrogen-bond donors (Lipinski definition) is 2. The van der Waals surface area contributed by atoms with Crippen molar-refractivity contribution in [3.05, 3.63) is 101 Å². The van der Waals surface area contributed by atoms with Crippen LogP contribution in [0.4, 0.5) is 0 Å². The highest BCUT2D eigenvalue weighted by molar-refractivity contribution is 7.91. The molecule has 0 aromatic carbocycles. The topological polar surface area (TPSA) is 149 Å². The Hall–Kier alpha value is -4.31. The van der Waals surface area contributed by atoms with Gasteiger partial charge in [0, 0.05) is 61.2 Å². The number of nitrogens with one attached hydrogen (secondary N) is 1. The van der Waals surface area contributed by atoms with Crippen LogP contribution in [0.3, 0.4) is 0 Å². The van der Waals surface area contributed by atoms with Crippen molar-refractivity contribution in [1.82, 2.24) is 34.5 Å². The summed E-state index contributed by atoms with van der Waals surface area (Å²) in [4.78, 5) is 23.4. The van der Waals surface area contributed by atoms with Crippen molar-refractivity contribution < 1.29 is 17.9 Å². The van der Waals surface area contributed by atoms with E-state index < -0.39 is 10.0 Å². The minimum atomic E-state index is -3.60. The van der Waals surface area contributed by atoms with Crippen LogP contribution < -0.4 is 19.9 Å². The number of ether oxygens (including phenoxy) is 2. The van der Waals surface area contributed by atoms with Crippen LogP contribution >= 0.6 is 11.3 Å². The van der Waals surface area contributed by atoms with Gasteiger partial charge in [0.2, 0.25) is 10.0 Å². The Labute approximate surface area is 318 Å². The molecule has 5 aromatic rings. The van der Waals surface area contributed by atoms with Crippen LogP contribution in [0.2, 0.25) is 0 Å². The van der Waals surface area contributed by atoms with Gasteiger partial charge in [-0.05, 0) is 69.5 Å². The summed E-state index contributed by atoms with van der Waals surface area (Å²) >= 11 is 1.24. The van der Waals surface area contributed by atoms with Gasteiger partial charge in [0.1, 0.15) is 28.9 Å². The Kier molecular flexibility index (Phi) is 16.7. The first-order valence-electron chi connectivity index (χ1n) is 18.0. The van der Waals surface area contributed by atoms with E-state index in [0.717, 1.165) is 67.0 Å². The van der Waals surface area contributed by atoms with Gasteiger partial charge in [-0.1, -0.05) is 39.8 Å². The summed E-state index contributed by atoms with van der Waals surface area (Å²) in [7, 11) is -3.60. The summed E-state index contributed by atoms with van der Waals surface area (Å²) in [5.74, 6) is 1.44. The predicted molar refractivity (Wildman–Crippen MR) is 212 cm³/mol. The summed E-state index contributed by atoms with van der Waals surface area (Å²) in [6.07, 6.45) is 3.46. The van der Waals surface area contributed by atoms with E-state index in [1.54, 1.807) is 30.6 Å². The SMILES string of the molecule is CCN(CC)CCOc1cc(CN)nc(-c2ccccn2)c1.CCN(CC)CCOc1cc(CNS(=O)(=O)c2ccc(C)s2)nc(-c2ccccn2)c1. The summed E-state index contributed by atoms with van der Waals surface area (Å²) in [5, 5.41) is 0. The maximum absolute atomic E-state index is 12.6. The summed E-state index contributed by atoms with van der Waals surface area (Å²) < 4.78 is 40.0. The minimum Gasteiger partial charge on any atom is -0.492 e. The molecule has 0 aliphatic heterocycles. The van der Waals surface area contributed by atoms with E-state index in [-0.39, 0.29) is 6.54 Å². The van der Waals surface area contributed by atoms with Crippen molar-refractivity contribution in [2.45, 2.75) is 51.9 Å². The number of aromatic nitrogens is 4. The molecular weight excluding hydrogens is 709 g/mol. The molecule has 0 saturated heterocycles. The van der Waals surface area contributed by atoms with Crippen LogP contribution in [0, 0.1) is 6.92 Å². The lowest BCUT2D eigenvalue weighted by Gasteiger charge is -2.18. The minimum absolute atomic E-state index is 0.0619. The fourth-order valence-corrected chi connectivity index (χ4v) is 7.56. The lowest BCUT2D eigenvalue weighted by Crippen LogP contribution is -2.28. The Bertz CT molecular complexity index is 1920. The molecular formula is C39H52N8O4S2. The zero-order chi connectivity index (χ0) is 38.1. The van der Waals surface area contributed by atoms with Crippen molar-refractivity contribution in [1.29, 1.82) is 0 Å². The maximum atomic E-state index is 12.6. The number of rotatable bonds is 19. The van der Waals surface area contributed by atoms with E-state index in [1.807, 2.05) is 61.5 Å². The van der Waals surface area contributed by atoms with Gasteiger partial charge in [0.05, 0.1) is 40.7 Å². The highest BCUT2D eigenvalue weighted by atomic mass is 32.2. The van der Waals surface area contributed by atoms with Gasteiger partial charge >= 0.3 is 0 Å². The third-order valence-electron chi connectivity index (χ3n) is 8.33. The summed E-state index contributed by atoms with van der Waals surface area (Å²) in [6.45, 7) is 17.8. The molecule has 5 aromatic heterocycles. The van der Waals surface area contributed by atoms with Gasteiger partial charge in [-0.15, -0.1) is 11.3 Å². The van der Waals surface area contributed by atoms with Gasteiger partial charge in [0.25, 0.3) is 0 Å². The molecule has 0 bridgehead atoms. The molecule has 0 atom stereocenters. The molecule has 0 aliphatic rings. The molecule has 0 saturated carbocycles. The Morgan fingerprint density at radius 3 is 1.64 bits per heavy atom. The summed E-state index contributed by atoms with van der Waals surface area (Å²) in [5.41, 5.74) is 10.1. The third-order valence-corrected chi connectivity index (χ3v) is 11.2. The fraction of sp³-hybridized carbons (Fsp3) is 0.385.